The van der Waals surface area contributed by atoms with Crippen LogP contribution in [-0.2, 0) is 10.0 Å². The zero-order valence-electron chi connectivity index (χ0n) is 16.4. The number of hydrogen-bond donors (Lipinski definition) is 1. The molecule has 148 valence electrons. The molecule has 29 heavy (non-hydrogen) atoms. The van der Waals surface area contributed by atoms with E-state index < -0.39 is 10.0 Å². The first-order valence-corrected chi connectivity index (χ1v) is 10.2. The number of aromatic nitrogens is 3. The zero-order chi connectivity index (χ0) is 21.2. The van der Waals surface area contributed by atoms with Crippen LogP contribution in [0.3, 0.4) is 0 Å². The summed E-state index contributed by atoms with van der Waals surface area (Å²) in [6.07, 6.45) is 2.98. The number of rotatable bonds is 5. The Labute approximate surface area is 169 Å². The lowest BCUT2D eigenvalue weighted by atomic mass is 10.1. The summed E-state index contributed by atoms with van der Waals surface area (Å²) in [6, 6.07) is 8.44. The van der Waals surface area contributed by atoms with Gasteiger partial charge in [0.05, 0.1) is 17.0 Å². The summed E-state index contributed by atoms with van der Waals surface area (Å²) in [5.41, 5.74) is 3.62. The zero-order valence-corrected chi connectivity index (χ0v) is 17.2. The van der Waals surface area contributed by atoms with Gasteiger partial charge in [0.2, 0.25) is 15.9 Å². The van der Waals surface area contributed by atoms with Crippen molar-refractivity contribution in [1.82, 2.24) is 19.7 Å². The summed E-state index contributed by atoms with van der Waals surface area (Å²) < 4.78 is 33.2. The van der Waals surface area contributed by atoms with Gasteiger partial charge < -0.3 is 4.74 Å². The molecule has 0 spiro atoms. The van der Waals surface area contributed by atoms with Crippen LogP contribution in [0.25, 0.3) is 11.3 Å². The molecule has 0 amide bonds. The van der Waals surface area contributed by atoms with E-state index in [0.29, 0.717) is 28.3 Å². The number of ether oxygens (including phenoxy) is 1. The molecule has 0 aromatic carbocycles. The third kappa shape index (κ3) is 4.23. The van der Waals surface area contributed by atoms with Gasteiger partial charge in [-0.05, 0) is 57.6 Å². The number of nitriles is 1. The van der Waals surface area contributed by atoms with Crippen molar-refractivity contribution in [3.8, 4) is 29.0 Å². The summed E-state index contributed by atoms with van der Waals surface area (Å²) in [5.74, 6) is 0.354. The van der Waals surface area contributed by atoms with Crippen LogP contribution in [0, 0.1) is 32.1 Å². The highest BCUT2D eigenvalue weighted by Gasteiger charge is 2.22. The molecular formula is C20H19N5O3S. The summed E-state index contributed by atoms with van der Waals surface area (Å²) in [4.78, 5) is 12.7. The van der Waals surface area contributed by atoms with Crippen molar-refractivity contribution in [2.24, 2.45) is 0 Å². The maximum Gasteiger partial charge on any atom is 0.245 e. The van der Waals surface area contributed by atoms with E-state index in [2.05, 4.69) is 19.7 Å². The highest BCUT2D eigenvalue weighted by atomic mass is 32.2. The lowest BCUT2D eigenvalue weighted by Gasteiger charge is -2.15. The highest BCUT2D eigenvalue weighted by molar-refractivity contribution is 7.89. The molecule has 9 heteroatoms. The van der Waals surface area contributed by atoms with Gasteiger partial charge in [-0.2, -0.15) is 5.26 Å². The summed E-state index contributed by atoms with van der Waals surface area (Å²) in [6.45, 7) is 5.51. The van der Waals surface area contributed by atoms with Crippen molar-refractivity contribution in [2.45, 2.75) is 25.7 Å². The second-order valence-electron chi connectivity index (χ2n) is 6.38. The van der Waals surface area contributed by atoms with E-state index in [1.807, 2.05) is 26.0 Å². The molecule has 0 atom stereocenters. The lowest BCUT2D eigenvalue weighted by molar-refractivity contribution is 0.438. The first kappa shape index (κ1) is 20.4. The smallest absolute Gasteiger partial charge is 0.245 e. The fourth-order valence-electron chi connectivity index (χ4n) is 2.88. The SMILES string of the molecule is CNS(=O)(=O)c1ccc(-c2cncc(C#N)c2)nc1Oc1c(C)cc(C)nc1C. The van der Waals surface area contributed by atoms with Crippen LogP contribution in [0.2, 0.25) is 0 Å². The standard InChI is InChI=1S/C20H19N5O3S/c1-12-7-13(2)24-14(3)19(12)28-20-18(29(26,27)22-4)6-5-17(25-20)16-8-15(9-21)10-23-11-16/h5-8,10-11,22H,1-4H3. The van der Waals surface area contributed by atoms with E-state index in [1.165, 1.54) is 19.3 Å². The minimum atomic E-state index is -3.82. The highest BCUT2D eigenvalue weighted by Crippen LogP contribution is 2.33. The van der Waals surface area contributed by atoms with Crippen molar-refractivity contribution in [3.05, 3.63) is 59.2 Å². The first-order chi connectivity index (χ1) is 13.7. The van der Waals surface area contributed by atoms with E-state index in [9.17, 15) is 8.42 Å². The molecule has 0 aliphatic rings. The van der Waals surface area contributed by atoms with Crippen molar-refractivity contribution in [2.75, 3.05) is 7.05 Å². The van der Waals surface area contributed by atoms with Gasteiger partial charge in [0.15, 0.2) is 5.75 Å². The maximum atomic E-state index is 12.5. The Bertz CT molecular complexity index is 1210. The molecule has 3 rings (SSSR count). The van der Waals surface area contributed by atoms with Crippen molar-refractivity contribution >= 4 is 10.0 Å². The molecule has 3 heterocycles. The van der Waals surface area contributed by atoms with Gasteiger partial charge in [0.1, 0.15) is 11.0 Å². The molecule has 0 unspecified atom stereocenters. The molecule has 0 radical (unpaired) electrons. The Balaban J connectivity index is 2.18. The summed E-state index contributed by atoms with van der Waals surface area (Å²) in [5, 5.41) is 9.09. The Morgan fingerprint density at radius 1 is 1.10 bits per heavy atom. The van der Waals surface area contributed by atoms with Crippen LogP contribution in [0.1, 0.15) is 22.5 Å². The minimum absolute atomic E-state index is 0.0870. The third-order valence-corrected chi connectivity index (χ3v) is 5.63. The molecule has 3 aromatic heterocycles. The summed E-state index contributed by atoms with van der Waals surface area (Å²) >= 11 is 0. The van der Waals surface area contributed by atoms with Gasteiger partial charge in [-0.25, -0.2) is 18.1 Å². The number of aryl methyl sites for hydroxylation is 3. The second-order valence-corrected chi connectivity index (χ2v) is 8.23. The van der Waals surface area contributed by atoms with Crippen LogP contribution in [0.5, 0.6) is 11.6 Å². The van der Waals surface area contributed by atoms with Gasteiger partial charge in [-0.1, -0.05) is 0 Å². The van der Waals surface area contributed by atoms with E-state index in [4.69, 9.17) is 10.00 Å². The molecule has 1 N–H and O–H groups in total. The van der Waals surface area contributed by atoms with Gasteiger partial charge in [-0.3, -0.25) is 9.97 Å². The van der Waals surface area contributed by atoms with E-state index in [1.54, 1.807) is 25.3 Å². The molecule has 0 aliphatic carbocycles. The predicted octanol–water partition coefficient (Wildman–Crippen LogP) is 3.04. The number of sulfonamides is 1. The molecule has 0 saturated carbocycles. The molecule has 0 bridgehead atoms. The van der Waals surface area contributed by atoms with Crippen molar-refractivity contribution < 1.29 is 13.2 Å². The monoisotopic (exact) mass is 409 g/mol. The molecule has 0 aliphatic heterocycles. The lowest BCUT2D eigenvalue weighted by Crippen LogP contribution is -2.19. The van der Waals surface area contributed by atoms with E-state index >= 15 is 0 Å². The average Bonchev–Trinajstić information content (AvgIpc) is 2.70. The van der Waals surface area contributed by atoms with Gasteiger partial charge in [0, 0.05) is 23.7 Å². The Morgan fingerprint density at radius 2 is 1.86 bits per heavy atom. The molecule has 3 aromatic rings. The Kier molecular flexibility index (Phi) is 5.59. The summed E-state index contributed by atoms with van der Waals surface area (Å²) in [7, 11) is -2.50. The predicted molar refractivity (Wildman–Crippen MR) is 107 cm³/mol. The topological polar surface area (TPSA) is 118 Å². The number of pyridine rings is 3. The number of nitrogens with one attached hydrogen (secondary N) is 1. The Hall–Kier alpha value is -3.35. The number of nitrogens with zero attached hydrogens (tertiary/aromatic N) is 4. The first-order valence-electron chi connectivity index (χ1n) is 8.68. The van der Waals surface area contributed by atoms with E-state index in [-0.39, 0.29) is 10.8 Å². The van der Waals surface area contributed by atoms with Gasteiger partial charge >= 0.3 is 0 Å². The molecule has 0 fully saturated rings. The minimum Gasteiger partial charge on any atom is -0.435 e. The van der Waals surface area contributed by atoms with Crippen LogP contribution in [-0.4, -0.2) is 30.4 Å². The quantitative estimate of drug-likeness (QED) is 0.688. The van der Waals surface area contributed by atoms with Crippen LogP contribution >= 0.6 is 0 Å². The fourth-order valence-corrected chi connectivity index (χ4v) is 3.66. The molecular weight excluding hydrogens is 390 g/mol. The van der Waals surface area contributed by atoms with Crippen LogP contribution in [0.15, 0.2) is 41.6 Å². The van der Waals surface area contributed by atoms with Crippen LogP contribution < -0.4 is 9.46 Å². The normalized spacial score (nSPS) is 11.1. The number of hydrogen-bond acceptors (Lipinski definition) is 7. The van der Waals surface area contributed by atoms with Crippen LogP contribution in [0.4, 0.5) is 0 Å². The Morgan fingerprint density at radius 3 is 2.52 bits per heavy atom. The van der Waals surface area contributed by atoms with Gasteiger partial charge in [-0.15, -0.1) is 0 Å². The van der Waals surface area contributed by atoms with Gasteiger partial charge in [0.25, 0.3) is 0 Å². The molecule has 8 nitrogen and oxygen atoms in total. The average molecular weight is 409 g/mol. The third-order valence-electron chi connectivity index (χ3n) is 4.20. The van der Waals surface area contributed by atoms with Crippen molar-refractivity contribution in [1.29, 1.82) is 5.26 Å². The largest absolute Gasteiger partial charge is 0.435 e. The second kappa shape index (κ2) is 7.95. The van der Waals surface area contributed by atoms with Crippen molar-refractivity contribution in [3.63, 3.8) is 0 Å². The van der Waals surface area contributed by atoms with E-state index in [0.717, 1.165) is 11.3 Å². The molecule has 0 saturated heterocycles. The maximum absolute atomic E-state index is 12.5. The fraction of sp³-hybridized carbons (Fsp3) is 0.200.